The van der Waals surface area contributed by atoms with Gasteiger partial charge >= 0.3 is 12.2 Å². The molecule has 0 aromatic heterocycles. The molecule has 5 atom stereocenters. The number of nitrogens with one attached hydrogen (secondary N) is 4. The van der Waals surface area contributed by atoms with Gasteiger partial charge in [0.2, 0.25) is 27.9 Å². The second kappa shape index (κ2) is 21.9. The largest absolute Gasteiger partial charge is 0.455 e. The van der Waals surface area contributed by atoms with Crippen LogP contribution in [-0.4, -0.2) is 90.4 Å². The van der Waals surface area contributed by atoms with Crippen LogP contribution in [0.5, 0.6) is 23.0 Å². The number of aliphatic imine (C=N–C) groups is 1. The van der Waals surface area contributed by atoms with E-state index in [2.05, 4.69) is 32.2 Å². The van der Waals surface area contributed by atoms with E-state index < -0.39 is 85.8 Å². The van der Waals surface area contributed by atoms with Crippen LogP contribution in [0.15, 0.2) is 127 Å². The number of sulfonamides is 1. The minimum Gasteiger partial charge on any atom is -0.455 e. The first kappa shape index (κ1) is 51.9. The lowest BCUT2D eigenvalue weighted by molar-refractivity contribution is -0.143. The number of hydrogen-bond acceptors (Lipinski definition) is 13. The quantitative estimate of drug-likeness (QED) is 0.0503. The molecule has 19 heteroatoms. The molecule has 0 bridgehead atoms. The molecule has 2 saturated carbocycles. The molecule has 70 heavy (non-hydrogen) atoms. The molecule has 4 aromatic rings. The summed E-state index contributed by atoms with van der Waals surface area (Å²) in [5, 5.41) is 7.34. The van der Waals surface area contributed by atoms with E-state index in [0.717, 1.165) is 0 Å². The van der Waals surface area contributed by atoms with E-state index in [1.807, 2.05) is 42.5 Å². The predicted octanol–water partition coefficient (Wildman–Crippen LogP) is 8.05. The lowest BCUT2D eigenvalue weighted by Crippen LogP contribution is -2.60. The molecule has 7 rings (SSSR count). The van der Waals surface area contributed by atoms with Crippen LogP contribution >= 0.6 is 0 Å². The fourth-order valence-electron chi connectivity index (χ4n) is 7.50. The smallest absolute Gasteiger partial charge is 0.412 e. The Morgan fingerprint density at radius 3 is 1.94 bits per heavy atom. The van der Waals surface area contributed by atoms with Crippen LogP contribution in [-0.2, 0) is 38.7 Å². The maximum Gasteiger partial charge on any atom is 0.412 e. The van der Waals surface area contributed by atoms with Gasteiger partial charge in [-0.25, -0.2) is 22.8 Å². The Balaban J connectivity index is 0.000000422. The number of para-hydroxylation sites is 6. The van der Waals surface area contributed by atoms with Crippen molar-refractivity contribution in [3.63, 3.8) is 0 Å². The van der Waals surface area contributed by atoms with Crippen molar-refractivity contribution in [1.29, 1.82) is 0 Å². The van der Waals surface area contributed by atoms with Gasteiger partial charge < -0.3 is 34.5 Å². The zero-order chi connectivity index (χ0) is 50.9. The number of anilines is 1. The number of amides is 5. The molecular weight excluding hydrogens is 921 g/mol. The molecule has 4 N–H and O–H groups in total. The fourth-order valence-corrected chi connectivity index (χ4v) is 8.86. The summed E-state index contributed by atoms with van der Waals surface area (Å²) in [4.78, 5) is 83.2. The summed E-state index contributed by atoms with van der Waals surface area (Å²) >= 11 is 0. The van der Waals surface area contributed by atoms with Crippen molar-refractivity contribution in [2.75, 3.05) is 11.9 Å². The molecular formula is C51H58N6O12S. The Labute approximate surface area is 407 Å². The number of likely N-dealkylation sites (tertiary alicyclic amines) is 1. The number of carbonyl (C=O) groups excluding carboxylic acids is 6. The van der Waals surface area contributed by atoms with Gasteiger partial charge in [-0.15, -0.1) is 6.58 Å². The standard InChI is InChI=1S/C38H49N5O10S.C13H9NO2/c1-8-23-21-38(23,33(46)42-54(49,50)26-18-19-26)41-31(44)28-20-25(22-43(28)32(45)30(36(2,3)4)40-35(48)53-37(5,6)7)52-34(47)39-27-16-12-13-17-29(27)51-24-14-10-9-11-15-24;15-10-14-12-8-4-5-9-13(12)16-11-6-2-1-3-7-11/h8-17,23,25-26,28,30H,1,18-22H2,2-7H3,(H,39,47)(H,40,48)(H,41,44)(H,42,46);1-9H/t23?,25-,28+,30-,38-;/m1./s1. The van der Waals surface area contributed by atoms with E-state index in [1.165, 1.54) is 17.1 Å². The van der Waals surface area contributed by atoms with Gasteiger partial charge in [0.15, 0.2) is 11.5 Å². The van der Waals surface area contributed by atoms with Crippen LogP contribution in [0.2, 0.25) is 0 Å². The number of benzene rings is 4. The number of rotatable bonds is 15. The van der Waals surface area contributed by atoms with Crippen LogP contribution in [0.4, 0.5) is 21.0 Å². The van der Waals surface area contributed by atoms with Crippen molar-refractivity contribution >= 4 is 57.4 Å². The van der Waals surface area contributed by atoms with Gasteiger partial charge in [-0.05, 0) is 94.0 Å². The summed E-state index contributed by atoms with van der Waals surface area (Å²) in [6.07, 6.45) is 0.995. The van der Waals surface area contributed by atoms with Crippen LogP contribution in [0.1, 0.15) is 67.2 Å². The highest BCUT2D eigenvalue weighted by Crippen LogP contribution is 2.46. The third-order valence-electron chi connectivity index (χ3n) is 11.2. The lowest BCUT2D eigenvalue weighted by atomic mass is 9.85. The van der Waals surface area contributed by atoms with Crippen molar-refractivity contribution in [3.05, 3.63) is 122 Å². The van der Waals surface area contributed by atoms with Crippen molar-refractivity contribution in [2.45, 2.75) is 102 Å². The van der Waals surface area contributed by atoms with Gasteiger partial charge in [0, 0.05) is 12.3 Å². The SMILES string of the molecule is C=CC1C[C@]1(NC(=O)[C@@H]1C[C@@H](OC(=O)Nc2ccccc2Oc2ccccc2)CN1C(=O)[C@@H](NC(=O)OC(C)(C)C)C(C)(C)C)C(=O)NS(=O)(=O)C1CC1.O=C=Nc1ccccc1Oc1ccccc1. The highest BCUT2D eigenvalue weighted by Gasteiger charge is 2.62. The Hall–Kier alpha value is -7.50. The third kappa shape index (κ3) is 13.8. The third-order valence-corrected chi connectivity index (χ3v) is 13.1. The molecule has 1 heterocycles. The van der Waals surface area contributed by atoms with Gasteiger partial charge in [-0.1, -0.05) is 87.5 Å². The van der Waals surface area contributed by atoms with Crippen molar-refractivity contribution in [3.8, 4) is 23.0 Å². The van der Waals surface area contributed by atoms with E-state index in [-0.39, 0.29) is 19.4 Å². The number of alkyl carbamates (subject to hydrolysis) is 1. The summed E-state index contributed by atoms with van der Waals surface area (Å²) in [6, 6.07) is 29.6. The summed E-state index contributed by atoms with van der Waals surface area (Å²) in [6.45, 7) is 13.7. The molecule has 370 valence electrons. The molecule has 3 fully saturated rings. The van der Waals surface area contributed by atoms with Crippen molar-refractivity contribution in [1.82, 2.24) is 20.3 Å². The monoisotopic (exact) mass is 978 g/mol. The number of nitrogens with zero attached hydrogens (tertiary/aromatic N) is 2. The van der Waals surface area contributed by atoms with E-state index in [9.17, 15) is 37.2 Å². The minimum atomic E-state index is -3.94. The minimum absolute atomic E-state index is 0.0898. The van der Waals surface area contributed by atoms with Gasteiger partial charge in [-0.3, -0.25) is 24.4 Å². The Kier molecular flexibility index (Phi) is 16.2. The maximum atomic E-state index is 14.4. The first-order chi connectivity index (χ1) is 33.1. The average molecular weight is 979 g/mol. The summed E-state index contributed by atoms with van der Waals surface area (Å²) < 4.78 is 50.1. The molecule has 2 aliphatic carbocycles. The summed E-state index contributed by atoms with van der Waals surface area (Å²) in [5.41, 5.74) is -2.58. The van der Waals surface area contributed by atoms with Crippen LogP contribution in [0, 0.1) is 11.3 Å². The molecule has 1 saturated heterocycles. The highest BCUT2D eigenvalue weighted by atomic mass is 32.2. The Bertz CT molecular complexity index is 2720. The highest BCUT2D eigenvalue weighted by molar-refractivity contribution is 7.91. The predicted molar refractivity (Wildman–Crippen MR) is 260 cm³/mol. The summed E-state index contributed by atoms with van der Waals surface area (Å²) in [7, 11) is -3.94. The number of hydrogen-bond donors (Lipinski definition) is 4. The molecule has 18 nitrogen and oxygen atoms in total. The topological polar surface area (TPSA) is 237 Å². The molecule has 5 amide bonds. The number of carbonyl (C=O) groups is 5. The first-order valence-corrected chi connectivity index (χ1v) is 24.2. The van der Waals surface area contributed by atoms with Gasteiger partial charge in [0.05, 0.1) is 17.5 Å². The normalized spacial score (nSPS) is 19.8. The zero-order valence-electron chi connectivity index (χ0n) is 39.8. The average Bonchev–Trinajstić information content (AvgIpc) is 4.23. The second-order valence-corrected chi connectivity index (χ2v) is 21.0. The van der Waals surface area contributed by atoms with Crippen LogP contribution in [0.3, 0.4) is 0 Å². The first-order valence-electron chi connectivity index (χ1n) is 22.6. The van der Waals surface area contributed by atoms with Gasteiger partial charge in [0.25, 0.3) is 5.91 Å². The van der Waals surface area contributed by atoms with E-state index in [0.29, 0.717) is 47.2 Å². The molecule has 3 aliphatic rings. The number of isocyanates is 1. The van der Waals surface area contributed by atoms with Gasteiger partial charge in [0.1, 0.15) is 46.5 Å². The zero-order valence-corrected chi connectivity index (χ0v) is 40.6. The Morgan fingerprint density at radius 1 is 0.814 bits per heavy atom. The van der Waals surface area contributed by atoms with E-state index in [4.69, 9.17) is 18.9 Å². The molecule has 0 spiro atoms. The molecule has 1 aliphatic heterocycles. The maximum absolute atomic E-state index is 14.4. The second-order valence-electron chi connectivity index (χ2n) is 19.0. The lowest BCUT2D eigenvalue weighted by Gasteiger charge is -2.36. The Morgan fingerprint density at radius 2 is 1.39 bits per heavy atom. The van der Waals surface area contributed by atoms with Crippen LogP contribution < -0.4 is 30.1 Å². The molecule has 0 radical (unpaired) electrons. The summed E-state index contributed by atoms with van der Waals surface area (Å²) in [5.74, 6) is -0.778. The fraction of sp³-hybridized carbons (Fsp3) is 0.373. The van der Waals surface area contributed by atoms with E-state index >= 15 is 0 Å². The van der Waals surface area contributed by atoms with Crippen LogP contribution in [0.25, 0.3) is 0 Å². The molecule has 4 aromatic carbocycles. The van der Waals surface area contributed by atoms with Crippen molar-refractivity contribution in [2.24, 2.45) is 16.3 Å². The molecule has 1 unspecified atom stereocenters. The van der Waals surface area contributed by atoms with E-state index in [1.54, 1.807) is 108 Å². The van der Waals surface area contributed by atoms with Crippen molar-refractivity contribution < 1.29 is 56.1 Å². The van der Waals surface area contributed by atoms with Gasteiger partial charge in [-0.2, -0.15) is 4.99 Å². The number of ether oxygens (including phenoxy) is 4.